The summed E-state index contributed by atoms with van der Waals surface area (Å²) in [6.45, 7) is 0. The highest BCUT2D eigenvalue weighted by Crippen LogP contribution is 2.16. The van der Waals surface area contributed by atoms with Crippen molar-refractivity contribution < 1.29 is 13.5 Å². The lowest BCUT2D eigenvalue weighted by molar-refractivity contribution is 0.166. The summed E-state index contributed by atoms with van der Waals surface area (Å²) in [6.07, 6.45) is -1.24. The second kappa shape index (κ2) is 4.97. The molecule has 0 radical (unpaired) electrons. The van der Waals surface area contributed by atoms with Gasteiger partial charge in [-0.05, 0) is 17.0 Å². The third-order valence-corrected chi connectivity index (χ3v) is 4.43. The number of aliphatic hydroxyl groups excluding tert-OH is 1. The molecule has 2 rings (SSSR count). The minimum absolute atomic E-state index is 0.164. The minimum atomic E-state index is -3.65. The Morgan fingerprint density at radius 2 is 1.88 bits per heavy atom. The molecule has 6 heteroatoms. The maximum absolute atomic E-state index is 11.8. The zero-order valence-electron chi connectivity index (χ0n) is 8.78. The fourth-order valence-corrected chi connectivity index (χ4v) is 3.41. The topological polar surface area (TPSA) is 66.4 Å². The van der Waals surface area contributed by atoms with Crippen LogP contribution in [0.4, 0.5) is 0 Å². The van der Waals surface area contributed by atoms with Crippen molar-refractivity contribution in [3.8, 4) is 0 Å². The predicted molar refractivity (Wildman–Crippen MR) is 66.0 cm³/mol. The largest absolute Gasteiger partial charge is 0.373 e. The molecule has 1 heterocycles. The van der Waals surface area contributed by atoms with Gasteiger partial charge in [0.2, 0.25) is 10.0 Å². The molecule has 1 atom stereocenters. The third-order valence-electron chi connectivity index (χ3n) is 2.19. The molecule has 1 unspecified atom stereocenters. The second-order valence-corrected chi connectivity index (χ2v) is 5.89. The van der Waals surface area contributed by atoms with Gasteiger partial charge in [-0.2, -0.15) is 16.1 Å². The summed E-state index contributed by atoms with van der Waals surface area (Å²) in [7, 11) is -3.65. The molecule has 0 spiro atoms. The van der Waals surface area contributed by atoms with Crippen LogP contribution in [0.25, 0.3) is 0 Å². The highest BCUT2D eigenvalue weighted by atomic mass is 32.2. The fraction of sp³-hybridized carbons (Fsp3) is 0.0909. The molecule has 0 fully saturated rings. The average Bonchev–Trinajstić information content (AvgIpc) is 2.84. The van der Waals surface area contributed by atoms with Gasteiger partial charge in [0.15, 0.2) is 0 Å². The normalized spacial score (nSPS) is 13.5. The molecule has 2 aromatic rings. The standard InChI is InChI=1S/C11H11NO3S2/c13-11(9-4-2-1-3-5-9)12-17(14,15)10-6-7-16-8-10/h1-8,11-13H. The van der Waals surface area contributed by atoms with E-state index in [0.29, 0.717) is 5.56 Å². The summed E-state index contributed by atoms with van der Waals surface area (Å²) in [5, 5.41) is 13.0. The molecule has 90 valence electrons. The van der Waals surface area contributed by atoms with E-state index in [4.69, 9.17) is 0 Å². The second-order valence-electron chi connectivity index (χ2n) is 3.39. The Labute approximate surface area is 104 Å². The Balaban J connectivity index is 2.17. The van der Waals surface area contributed by atoms with Crippen LogP contribution in [-0.2, 0) is 10.0 Å². The van der Waals surface area contributed by atoms with Crippen LogP contribution >= 0.6 is 11.3 Å². The number of nitrogens with one attached hydrogen (secondary N) is 1. The molecule has 2 N–H and O–H groups in total. The lowest BCUT2D eigenvalue weighted by atomic mass is 10.2. The quantitative estimate of drug-likeness (QED) is 0.830. The molecule has 0 aliphatic rings. The molecule has 0 bridgehead atoms. The maximum atomic E-state index is 11.8. The Kier molecular flexibility index (Phi) is 3.58. The monoisotopic (exact) mass is 269 g/mol. The van der Waals surface area contributed by atoms with Crippen LogP contribution in [0.3, 0.4) is 0 Å². The highest BCUT2D eigenvalue weighted by molar-refractivity contribution is 7.89. The van der Waals surface area contributed by atoms with Gasteiger partial charge in [-0.1, -0.05) is 30.3 Å². The number of thiophene rings is 1. The molecule has 17 heavy (non-hydrogen) atoms. The van der Waals surface area contributed by atoms with Gasteiger partial charge in [0.05, 0.1) is 4.90 Å². The molecule has 0 saturated carbocycles. The number of hydrogen-bond donors (Lipinski definition) is 2. The van der Waals surface area contributed by atoms with E-state index in [2.05, 4.69) is 4.72 Å². The molecule has 1 aromatic carbocycles. The molecule has 0 aliphatic heterocycles. The Bertz CT molecular complexity index is 564. The molecule has 1 aromatic heterocycles. The number of hydrogen-bond acceptors (Lipinski definition) is 4. The van der Waals surface area contributed by atoms with E-state index >= 15 is 0 Å². The summed E-state index contributed by atoms with van der Waals surface area (Å²) in [5.41, 5.74) is 0.506. The van der Waals surface area contributed by atoms with E-state index < -0.39 is 16.3 Å². The van der Waals surface area contributed by atoms with Gasteiger partial charge in [0.25, 0.3) is 0 Å². The van der Waals surface area contributed by atoms with Crippen molar-refractivity contribution in [2.75, 3.05) is 0 Å². The van der Waals surface area contributed by atoms with Gasteiger partial charge < -0.3 is 5.11 Å². The van der Waals surface area contributed by atoms with Crippen LogP contribution in [-0.4, -0.2) is 13.5 Å². The van der Waals surface area contributed by atoms with E-state index in [0.717, 1.165) is 0 Å². The summed E-state index contributed by atoms with van der Waals surface area (Å²) < 4.78 is 25.8. The van der Waals surface area contributed by atoms with Crippen LogP contribution < -0.4 is 4.72 Å². The number of aliphatic hydroxyl groups is 1. The van der Waals surface area contributed by atoms with Crippen molar-refractivity contribution >= 4 is 21.4 Å². The first-order valence-electron chi connectivity index (χ1n) is 4.87. The average molecular weight is 269 g/mol. The van der Waals surface area contributed by atoms with Gasteiger partial charge in [0.1, 0.15) is 6.23 Å². The first-order valence-corrected chi connectivity index (χ1v) is 7.30. The summed E-state index contributed by atoms with van der Waals surface area (Å²) >= 11 is 1.29. The summed E-state index contributed by atoms with van der Waals surface area (Å²) in [4.78, 5) is 0.164. The van der Waals surface area contributed by atoms with Gasteiger partial charge in [-0.15, -0.1) is 0 Å². The van der Waals surface area contributed by atoms with Crippen LogP contribution in [0.1, 0.15) is 11.8 Å². The van der Waals surface area contributed by atoms with Crippen LogP contribution in [0, 0.1) is 0 Å². The lowest BCUT2D eigenvalue weighted by Crippen LogP contribution is -2.28. The van der Waals surface area contributed by atoms with E-state index in [1.807, 2.05) is 0 Å². The van der Waals surface area contributed by atoms with Crippen molar-refractivity contribution in [1.29, 1.82) is 0 Å². The first-order chi connectivity index (χ1) is 8.09. The van der Waals surface area contributed by atoms with Crippen molar-refractivity contribution in [2.45, 2.75) is 11.1 Å². The Hall–Kier alpha value is -1.21. The van der Waals surface area contributed by atoms with Crippen LogP contribution in [0.5, 0.6) is 0 Å². The van der Waals surface area contributed by atoms with Gasteiger partial charge >= 0.3 is 0 Å². The van der Waals surface area contributed by atoms with Crippen LogP contribution in [0.15, 0.2) is 52.1 Å². The molecule has 0 amide bonds. The number of sulfonamides is 1. The van der Waals surface area contributed by atoms with E-state index in [1.54, 1.807) is 35.7 Å². The van der Waals surface area contributed by atoms with E-state index in [-0.39, 0.29) is 4.90 Å². The summed E-state index contributed by atoms with van der Waals surface area (Å²) in [6, 6.07) is 10.1. The van der Waals surface area contributed by atoms with Crippen molar-refractivity contribution in [3.63, 3.8) is 0 Å². The van der Waals surface area contributed by atoms with Gasteiger partial charge in [-0.25, -0.2) is 8.42 Å². The number of benzene rings is 1. The molecule has 0 saturated heterocycles. The van der Waals surface area contributed by atoms with Crippen molar-refractivity contribution in [3.05, 3.63) is 52.7 Å². The molecule has 0 aliphatic carbocycles. The van der Waals surface area contributed by atoms with Crippen molar-refractivity contribution in [1.82, 2.24) is 4.72 Å². The van der Waals surface area contributed by atoms with E-state index in [9.17, 15) is 13.5 Å². The number of rotatable bonds is 4. The smallest absolute Gasteiger partial charge is 0.243 e. The lowest BCUT2D eigenvalue weighted by Gasteiger charge is -2.12. The molecule has 4 nitrogen and oxygen atoms in total. The van der Waals surface area contributed by atoms with E-state index in [1.165, 1.54) is 22.8 Å². The van der Waals surface area contributed by atoms with Gasteiger partial charge in [0, 0.05) is 5.38 Å². The molecular formula is C11H11NO3S2. The van der Waals surface area contributed by atoms with Gasteiger partial charge in [-0.3, -0.25) is 0 Å². The van der Waals surface area contributed by atoms with Crippen molar-refractivity contribution in [2.24, 2.45) is 0 Å². The SMILES string of the molecule is O=S(=O)(NC(O)c1ccccc1)c1ccsc1. The predicted octanol–water partition coefficient (Wildman–Crippen LogP) is 1.72. The maximum Gasteiger partial charge on any atom is 0.243 e. The fourth-order valence-electron chi connectivity index (χ4n) is 1.32. The Morgan fingerprint density at radius 1 is 1.18 bits per heavy atom. The molecular weight excluding hydrogens is 258 g/mol. The zero-order chi connectivity index (χ0) is 12.3. The highest BCUT2D eigenvalue weighted by Gasteiger charge is 2.19. The zero-order valence-corrected chi connectivity index (χ0v) is 10.4. The Morgan fingerprint density at radius 3 is 2.47 bits per heavy atom. The third kappa shape index (κ3) is 2.92. The van der Waals surface area contributed by atoms with Crippen LogP contribution in [0.2, 0.25) is 0 Å². The minimum Gasteiger partial charge on any atom is -0.373 e. The first kappa shape index (κ1) is 12.3. The summed E-state index contributed by atoms with van der Waals surface area (Å²) in [5.74, 6) is 0.